The molecular formula is C14H20F3N. The van der Waals surface area contributed by atoms with E-state index in [0.717, 1.165) is 31.2 Å². The first kappa shape index (κ1) is 15.0. The van der Waals surface area contributed by atoms with Gasteiger partial charge in [0.05, 0.1) is 6.54 Å². The van der Waals surface area contributed by atoms with Gasteiger partial charge in [-0.2, -0.15) is 13.2 Å². The van der Waals surface area contributed by atoms with Crippen LogP contribution in [0, 0.1) is 0 Å². The number of rotatable bonds is 7. The molecule has 18 heavy (non-hydrogen) atoms. The van der Waals surface area contributed by atoms with E-state index in [-0.39, 0.29) is 6.04 Å². The molecule has 0 aliphatic carbocycles. The maximum Gasteiger partial charge on any atom is 0.401 e. The normalized spacial score (nSPS) is 13.6. The van der Waals surface area contributed by atoms with Crippen LogP contribution < -0.4 is 5.32 Å². The van der Waals surface area contributed by atoms with E-state index in [9.17, 15) is 13.2 Å². The van der Waals surface area contributed by atoms with E-state index in [2.05, 4.69) is 12.2 Å². The van der Waals surface area contributed by atoms with Crippen LogP contribution in [-0.2, 0) is 0 Å². The van der Waals surface area contributed by atoms with E-state index >= 15 is 0 Å². The van der Waals surface area contributed by atoms with Crippen molar-refractivity contribution in [3.63, 3.8) is 0 Å². The molecular weight excluding hydrogens is 239 g/mol. The average molecular weight is 259 g/mol. The molecule has 0 saturated carbocycles. The largest absolute Gasteiger partial charge is 0.401 e. The van der Waals surface area contributed by atoms with Crippen LogP contribution in [0.1, 0.15) is 44.2 Å². The average Bonchev–Trinajstić information content (AvgIpc) is 2.33. The van der Waals surface area contributed by atoms with E-state index in [4.69, 9.17) is 0 Å². The summed E-state index contributed by atoms with van der Waals surface area (Å²) in [4.78, 5) is 0. The van der Waals surface area contributed by atoms with Crippen molar-refractivity contribution >= 4 is 0 Å². The van der Waals surface area contributed by atoms with E-state index in [1.54, 1.807) is 0 Å². The van der Waals surface area contributed by atoms with Crippen LogP contribution in [-0.4, -0.2) is 12.7 Å². The van der Waals surface area contributed by atoms with Gasteiger partial charge in [-0.3, -0.25) is 0 Å². The Hall–Kier alpha value is -1.03. The second kappa shape index (κ2) is 7.41. The molecule has 0 radical (unpaired) electrons. The van der Waals surface area contributed by atoms with Gasteiger partial charge < -0.3 is 5.32 Å². The predicted octanol–water partition coefficient (Wildman–Crippen LogP) is 4.46. The van der Waals surface area contributed by atoms with Gasteiger partial charge in [-0.15, -0.1) is 0 Å². The monoisotopic (exact) mass is 259 g/mol. The zero-order chi connectivity index (χ0) is 13.4. The second-order valence-electron chi connectivity index (χ2n) is 4.46. The highest BCUT2D eigenvalue weighted by Gasteiger charge is 2.28. The van der Waals surface area contributed by atoms with Crippen molar-refractivity contribution in [2.24, 2.45) is 0 Å². The Labute approximate surface area is 106 Å². The third-order valence-corrected chi connectivity index (χ3v) is 2.85. The van der Waals surface area contributed by atoms with Gasteiger partial charge in [0.15, 0.2) is 0 Å². The zero-order valence-electron chi connectivity index (χ0n) is 10.6. The number of hydrogen-bond donors (Lipinski definition) is 1. The van der Waals surface area contributed by atoms with Gasteiger partial charge in [0, 0.05) is 6.04 Å². The van der Waals surface area contributed by atoms with Crippen molar-refractivity contribution in [3.8, 4) is 0 Å². The van der Waals surface area contributed by atoms with Crippen LogP contribution in [0.15, 0.2) is 30.3 Å². The van der Waals surface area contributed by atoms with Crippen molar-refractivity contribution in [1.29, 1.82) is 0 Å². The van der Waals surface area contributed by atoms with Crippen molar-refractivity contribution in [2.45, 2.75) is 44.8 Å². The molecule has 0 fully saturated rings. The number of benzene rings is 1. The Morgan fingerprint density at radius 1 is 1.11 bits per heavy atom. The van der Waals surface area contributed by atoms with Gasteiger partial charge in [0.1, 0.15) is 0 Å². The fourth-order valence-corrected chi connectivity index (χ4v) is 1.91. The lowest BCUT2D eigenvalue weighted by Gasteiger charge is -2.20. The summed E-state index contributed by atoms with van der Waals surface area (Å²) in [7, 11) is 0. The fraction of sp³-hybridized carbons (Fsp3) is 0.571. The summed E-state index contributed by atoms with van der Waals surface area (Å²) in [6.07, 6.45) is -0.343. The predicted molar refractivity (Wildman–Crippen MR) is 67.4 cm³/mol. The molecule has 1 unspecified atom stereocenters. The summed E-state index contributed by atoms with van der Waals surface area (Å²) in [5, 5.41) is 2.61. The van der Waals surface area contributed by atoms with Crippen molar-refractivity contribution in [3.05, 3.63) is 35.9 Å². The van der Waals surface area contributed by atoms with Gasteiger partial charge in [-0.25, -0.2) is 0 Å². The first-order valence-electron chi connectivity index (χ1n) is 6.38. The van der Waals surface area contributed by atoms with E-state index in [0.29, 0.717) is 0 Å². The zero-order valence-corrected chi connectivity index (χ0v) is 10.6. The minimum Gasteiger partial charge on any atom is -0.302 e. The van der Waals surface area contributed by atoms with Crippen LogP contribution in [0.4, 0.5) is 13.2 Å². The van der Waals surface area contributed by atoms with E-state index in [1.165, 1.54) is 0 Å². The van der Waals surface area contributed by atoms with Crippen LogP contribution in [0.3, 0.4) is 0 Å². The number of unbranched alkanes of at least 4 members (excludes halogenated alkanes) is 2. The number of nitrogens with one attached hydrogen (secondary N) is 1. The highest BCUT2D eigenvalue weighted by Crippen LogP contribution is 2.22. The number of halogens is 3. The molecule has 1 atom stereocenters. The maximum atomic E-state index is 12.3. The number of hydrogen-bond acceptors (Lipinski definition) is 1. The van der Waals surface area contributed by atoms with Crippen LogP contribution in [0.5, 0.6) is 0 Å². The Bertz CT molecular complexity index is 322. The molecule has 0 bridgehead atoms. The highest BCUT2D eigenvalue weighted by atomic mass is 19.4. The standard InChI is InChI=1S/C14H20F3N/c1-2-3-5-10-13(18-11-14(15,16)17)12-8-6-4-7-9-12/h4,6-9,13,18H,2-3,5,10-11H2,1H3. The molecule has 1 aromatic rings. The summed E-state index contributed by atoms with van der Waals surface area (Å²) in [6, 6.07) is 9.13. The Kier molecular flexibility index (Phi) is 6.19. The van der Waals surface area contributed by atoms with Crippen LogP contribution in [0.25, 0.3) is 0 Å². The van der Waals surface area contributed by atoms with Gasteiger partial charge in [-0.1, -0.05) is 56.5 Å². The van der Waals surface area contributed by atoms with Crippen molar-refractivity contribution in [1.82, 2.24) is 5.32 Å². The molecule has 4 heteroatoms. The topological polar surface area (TPSA) is 12.0 Å². The van der Waals surface area contributed by atoms with Gasteiger partial charge >= 0.3 is 6.18 Å². The minimum atomic E-state index is -4.15. The summed E-state index contributed by atoms with van der Waals surface area (Å²) in [5.41, 5.74) is 0.929. The Morgan fingerprint density at radius 2 is 1.78 bits per heavy atom. The molecule has 0 saturated heterocycles. The first-order chi connectivity index (χ1) is 8.53. The first-order valence-corrected chi connectivity index (χ1v) is 6.38. The Morgan fingerprint density at radius 3 is 2.33 bits per heavy atom. The lowest BCUT2D eigenvalue weighted by molar-refractivity contribution is -0.126. The number of alkyl halides is 3. The van der Waals surface area contributed by atoms with Crippen molar-refractivity contribution in [2.75, 3.05) is 6.54 Å². The molecule has 1 nitrogen and oxygen atoms in total. The van der Waals surface area contributed by atoms with E-state index < -0.39 is 12.7 Å². The fourth-order valence-electron chi connectivity index (χ4n) is 1.91. The third kappa shape index (κ3) is 6.05. The maximum absolute atomic E-state index is 12.3. The summed E-state index contributed by atoms with van der Waals surface area (Å²) in [6.45, 7) is 1.15. The minimum absolute atomic E-state index is 0.209. The molecule has 0 aromatic heterocycles. The molecule has 1 N–H and O–H groups in total. The lowest BCUT2D eigenvalue weighted by Crippen LogP contribution is -2.32. The lowest BCUT2D eigenvalue weighted by atomic mass is 10.0. The molecule has 0 heterocycles. The molecule has 0 spiro atoms. The summed E-state index contributed by atoms with van der Waals surface area (Å²) >= 11 is 0. The smallest absolute Gasteiger partial charge is 0.302 e. The second-order valence-corrected chi connectivity index (χ2v) is 4.46. The Balaban J connectivity index is 2.58. The quantitative estimate of drug-likeness (QED) is 0.713. The summed E-state index contributed by atoms with van der Waals surface area (Å²) < 4.78 is 36.8. The highest BCUT2D eigenvalue weighted by molar-refractivity contribution is 5.18. The van der Waals surface area contributed by atoms with E-state index in [1.807, 2.05) is 30.3 Å². The van der Waals surface area contributed by atoms with Crippen LogP contribution >= 0.6 is 0 Å². The molecule has 0 aliphatic rings. The van der Waals surface area contributed by atoms with Gasteiger partial charge in [-0.05, 0) is 12.0 Å². The molecule has 1 rings (SSSR count). The molecule has 102 valence electrons. The molecule has 1 aromatic carbocycles. The third-order valence-electron chi connectivity index (χ3n) is 2.85. The van der Waals surface area contributed by atoms with Crippen LogP contribution in [0.2, 0.25) is 0 Å². The van der Waals surface area contributed by atoms with Crippen molar-refractivity contribution < 1.29 is 13.2 Å². The van der Waals surface area contributed by atoms with Gasteiger partial charge in [0.2, 0.25) is 0 Å². The molecule has 0 amide bonds. The molecule has 0 aliphatic heterocycles. The SMILES string of the molecule is CCCCCC(NCC(F)(F)F)c1ccccc1. The summed E-state index contributed by atoms with van der Waals surface area (Å²) in [5.74, 6) is 0. The van der Waals surface area contributed by atoms with Gasteiger partial charge in [0.25, 0.3) is 0 Å².